The standard InChI is InChI=1S/C8H10N3/c1-5-3-4-6(2)8(11-10)7(5)9/h3-4H,9H2,1-2H3/q+1. The van der Waals surface area contributed by atoms with Gasteiger partial charge in [-0.1, -0.05) is 12.1 Å². The van der Waals surface area contributed by atoms with Crippen LogP contribution in [0.1, 0.15) is 11.1 Å². The Labute approximate surface area is 65.5 Å². The van der Waals surface area contributed by atoms with Gasteiger partial charge < -0.3 is 5.73 Å². The van der Waals surface area contributed by atoms with Crippen molar-refractivity contribution in [3.8, 4) is 0 Å². The summed E-state index contributed by atoms with van der Waals surface area (Å²) in [7, 11) is 0. The van der Waals surface area contributed by atoms with Crippen molar-refractivity contribution in [2.24, 2.45) is 0 Å². The van der Waals surface area contributed by atoms with Crippen molar-refractivity contribution in [1.29, 1.82) is 5.39 Å². The van der Waals surface area contributed by atoms with Crippen LogP contribution in [0.4, 0.5) is 11.4 Å². The fraction of sp³-hybridized carbons (Fsp3) is 0.250. The number of hydrogen-bond donors (Lipinski definition) is 1. The van der Waals surface area contributed by atoms with E-state index in [9.17, 15) is 0 Å². The molecule has 3 nitrogen and oxygen atoms in total. The van der Waals surface area contributed by atoms with Gasteiger partial charge in [0, 0.05) is 5.56 Å². The van der Waals surface area contributed by atoms with Gasteiger partial charge in [-0.15, -0.1) is 0 Å². The van der Waals surface area contributed by atoms with Gasteiger partial charge >= 0.3 is 5.69 Å². The Kier molecular flexibility index (Phi) is 1.77. The smallest absolute Gasteiger partial charge is 0.392 e. The number of nitrogens with zero attached hydrogens (tertiary/aromatic N) is 2. The molecule has 0 radical (unpaired) electrons. The Balaban J connectivity index is 3.44. The first-order valence-corrected chi connectivity index (χ1v) is 3.37. The lowest BCUT2D eigenvalue weighted by Crippen LogP contribution is -1.90. The van der Waals surface area contributed by atoms with Gasteiger partial charge in [0.05, 0.1) is 0 Å². The third-order valence-corrected chi connectivity index (χ3v) is 1.74. The van der Waals surface area contributed by atoms with Crippen LogP contribution in [0, 0.1) is 19.2 Å². The molecule has 0 unspecified atom stereocenters. The minimum Gasteiger partial charge on any atom is -0.392 e. The SMILES string of the molecule is Cc1ccc(C)c([N+]#N)c1N. The molecule has 0 saturated carbocycles. The summed E-state index contributed by atoms with van der Waals surface area (Å²) in [6.45, 7) is 3.73. The van der Waals surface area contributed by atoms with Crippen molar-refractivity contribution >= 4 is 11.4 Å². The lowest BCUT2D eigenvalue weighted by molar-refractivity contribution is 1.38. The van der Waals surface area contributed by atoms with Crippen molar-refractivity contribution < 1.29 is 0 Å². The van der Waals surface area contributed by atoms with E-state index in [1.165, 1.54) is 0 Å². The highest BCUT2D eigenvalue weighted by Gasteiger charge is 2.15. The topological polar surface area (TPSA) is 54.2 Å². The molecule has 0 fully saturated rings. The summed E-state index contributed by atoms with van der Waals surface area (Å²) in [6, 6.07) is 3.78. The van der Waals surface area contributed by atoms with E-state index in [2.05, 4.69) is 4.98 Å². The van der Waals surface area contributed by atoms with Gasteiger partial charge in [0.2, 0.25) is 5.39 Å². The second-order valence-corrected chi connectivity index (χ2v) is 2.56. The molecule has 0 spiro atoms. The van der Waals surface area contributed by atoms with Crippen LogP contribution in [-0.4, -0.2) is 0 Å². The van der Waals surface area contributed by atoms with Crippen LogP contribution in [0.5, 0.6) is 0 Å². The first-order valence-electron chi connectivity index (χ1n) is 3.37. The summed E-state index contributed by atoms with van der Waals surface area (Å²) >= 11 is 0. The summed E-state index contributed by atoms with van der Waals surface area (Å²) < 4.78 is 0. The van der Waals surface area contributed by atoms with Crippen LogP contribution < -0.4 is 5.73 Å². The molecule has 0 saturated heterocycles. The van der Waals surface area contributed by atoms with Gasteiger partial charge in [0.1, 0.15) is 5.69 Å². The van der Waals surface area contributed by atoms with Crippen LogP contribution in [0.2, 0.25) is 0 Å². The molecule has 56 valence electrons. The molecule has 1 rings (SSSR count). The molecule has 0 bridgehead atoms. The van der Waals surface area contributed by atoms with Gasteiger partial charge in [0.15, 0.2) is 4.98 Å². The van der Waals surface area contributed by atoms with Gasteiger partial charge in [-0.05, 0) is 19.4 Å². The quantitative estimate of drug-likeness (QED) is 0.453. The molecule has 0 aromatic heterocycles. The van der Waals surface area contributed by atoms with Crippen LogP contribution in [-0.2, 0) is 0 Å². The lowest BCUT2D eigenvalue weighted by atomic mass is 10.1. The molecular weight excluding hydrogens is 138 g/mol. The van der Waals surface area contributed by atoms with Crippen molar-refractivity contribution in [1.82, 2.24) is 0 Å². The molecule has 1 aromatic carbocycles. The molecule has 2 N–H and O–H groups in total. The predicted molar refractivity (Wildman–Crippen MR) is 45.1 cm³/mol. The van der Waals surface area contributed by atoms with Gasteiger partial charge in [-0.2, -0.15) is 0 Å². The van der Waals surface area contributed by atoms with Crippen LogP contribution in [0.3, 0.4) is 0 Å². The average Bonchev–Trinajstić information content (AvgIpc) is 1.99. The van der Waals surface area contributed by atoms with Crippen molar-refractivity contribution in [2.75, 3.05) is 5.73 Å². The second-order valence-electron chi connectivity index (χ2n) is 2.56. The molecule has 0 heterocycles. The third kappa shape index (κ3) is 1.15. The fourth-order valence-corrected chi connectivity index (χ4v) is 0.951. The van der Waals surface area contributed by atoms with E-state index < -0.39 is 0 Å². The van der Waals surface area contributed by atoms with E-state index in [-0.39, 0.29) is 0 Å². The number of nitrogens with two attached hydrogens (primary N) is 1. The monoisotopic (exact) mass is 148 g/mol. The Hall–Kier alpha value is -1.56. The van der Waals surface area contributed by atoms with E-state index in [0.717, 1.165) is 11.1 Å². The molecular formula is C8H10N3+. The number of benzene rings is 1. The summed E-state index contributed by atoms with van der Waals surface area (Å²) in [5, 5.41) is 8.57. The average molecular weight is 148 g/mol. The van der Waals surface area contributed by atoms with E-state index in [1.54, 1.807) is 0 Å². The van der Waals surface area contributed by atoms with Gasteiger partial charge in [0.25, 0.3) is 0 Å². The third-order valence-electron chi connectivity index (χ3n) is 1.74. The summed E-state index contributed by atoms with van der Waals surface area (Å²) in [4.78, 5) is 3.11. The maximum atomic E-state index is 8.57. The minimum atomic E-state index is 0.477. The number of rotatable bonds is 0. The second kappa shape index (κ2) is 2.59. The van der Waals surface area contributed by atoms with Crippen molar-refractivity contribution in [2.45, 2.75) is 13.8 Å². The number of anilines is 1. The zero-order chi connectivity index (χ0) is 8.43. The van der Waals surface area contributed by atoms with Crippen LogP contribution >= 0.6 is 0 Å². The summed E-state index contributed by atoms with van der Waals surface area (Å²) in [5.74, 6) is 0. The Bertz CT molecular complexity index is 323. The predicted octanol–water partition coefficient (Wildman–Crippen LogP) is 2.37. The molecule has 0 aliphatic carbocycles. The van der Waals surface area contributed by atoms with Crippen molar-refractivity contribution in [3.63, 3.8) is 0 Å². The molecule has 0 aliphatic heterocycles. The minimum absolute atomic E-state index is 0.477. The van der Waals surface area contributed by atoms with E-state index in [4.69, 9.17) is 11.1 Å². The highest BCUT2D eigenvalue weighted by atomic mass is 14.9. The molecule has 0 aliphatic rings. The van der Waals surface area contributed by atoms with Gasteiger partial charge in [-0.25, -0.2) is 0 Å². The summed E-state index contributed by atoms with van der Waals surface area (Å²) in [6.07, 6.45) is 0. The zero-order valence-electron chi connectivity index (χ0n) is 6.63. The molecule has 0 amide bonds. The maximum absolute atomic E-state index is 8.57. The Morgan fingerprint density at radius 1 is 1.27 bits per heavy atom. The zero-order valence-corrected chi connectivity index (χ0v) is 6.63. The molecule has 3 heteroatoms. The molecule has 11 heavy (non-hydrogen) atoms. The van der Waals surface area contributed by atoms with E-state index >= 15 is 0 Å². The number of aryl methyl sites for hydroxylation is 2. The number of hydrogen-bond acceptors (Lipinski definition) is 2. The Morgan fingerprint density at radius 2 is 1.82 bits per heavy atom. The normalized spacial score (nSPS) is 9.18. The Morgan fingerprint density at radius 3 is 2.27 bits per heavy atom. The highest BCUT2D eigenvalue weighted by Crippen LogP contribution is 2.28. The maximum Gasteiger partial charge on any atom is 0.410 e. The molecule has 1 aromatic rings. The van der Waals surface area contributed by atoms with Crippen LogP contribution in [0.25, 0.3) is 4.98 Å². The first-order chi connectivity index (χ1) is 5.16. The van der Waals surface area contributed by atoms with E-state index in [0.29, 0.717) is 11.4 Å². The van der Waals surface area contributed by atoms with Crippen LogP contribution in [0.15, 0.2) is 12.1 Å². The van der Waals surface area contributed by atoms with Crippen molar-refractivity contribution in [3.05, 3.63) is 28.2 Å². The number of diazo groups is 1. The molecule has 0 atom stereocenters. The first kappa shape index (κ1) is 7.55. The summed E-state index contributed by atoms with van der Waals surface area (Å²) in [5.41, 5.74) is 8.48. The fourth-order valence-electron chi connectivity index (χ4n) is 0.951. The lowest BCUT2D eigenvalue weighted by Gasteiger charge is -1.95. The number of nitrogen functional groups attached to an aromatic ring is 1. The largest absolute Gasteiger partial charge is 0.410 e. The van der Waals surface area contributed by atoms with E-state index in [1.807, 2.05) is 26.0 Å². The highest BCUT2D eigenvalue weighted by molar-refractivity contribution is 5.73. The van der Waals surface area contributed by atoms with Gasteiger partial charge in [-0.3, -0.25) is 0 Å².